The highest BCUT2D eigenvalue weighted by atomic mass is 32.2. The van der Waals surface area contributed by atoms with Crippen molar-refractivity contribution in [1.82, 2.24) is 0 Å². The zero-order valence-electron chi connectivity index (χ0n) is 15.8. The number of carbonyl (C=O) groups is 1. The first kappa shape index (κ1) is 21.1. The van der Waals surface area contributed by atoms with Crippen molar-refractivity contribution in [2.45, 2.75) is 24.8 Å². The molecule has 2 aromatic rings. The van der Waals surface area contributed by atoms with E-state index in [0.29, 0.717) is 17.1 Å². The number of rotatable bonds is 8. The summed E-state index contributed by atoms with van der Waals surface area (Å²) in [4.78, 5) is 13.5. The van der Waals surface area contributed by atoms with E-state index in [1.165, 1.54) is 0 Å². The van der Waals surface area contributed by atoms with E-state index in [-0.39, 0.29) is 12.6 Å². The Morgan fingerprint density at radius 2 is 1.89 bits per heavy atom. The molecule has 0 aromatic heterocycles. The van der Waals surface area contributed by atoms with E-state index in [4.69, 9.17) is 4.74 Å². The summed E-state index contributed by atoms with van der Waals surface area (Å²) in [5.41, 5.74) is 1.00. The first-order chi connectivity index (χ1) is 12.7. The molecular weight excluding hydrogens is 384 g/mol. The van der Waals surface area contributed by atoms with Gasteiger partial charge in [-0.3, -0.25) is 9.10 Å². The molecule has 0 saturated heterocycles. The lowest BCUT2D eigenvalue weighted by Gasteiger charge is -2.23. The van der Waals surface area contributed by atoms with Crippen molar-refractivity contribution in [3.8, 4) is 5.75 Å². The SMILES string of the molecule is CSc1cccc(NC(=O)CN(c2cccc(OC(C)C)c2)S(C)(=O)=O)c1. The molecule has 0 radical (unpaired) electrons. The summed E-state index contributed by atoms with van der Waals surface area (Å²) in [7, 11) is -3.65. The second kappa shape index (κ2) is 9.14. The van der Waals surface area contributed by atoms with E-state index >= 15 is 0 Å². The van der Waals surface area contributed by atoms with Crippen molar-refractivity contribution < 1.29 is 17.9 Å². The van der Waals surface area contributed by atoms with E-state index in [1.807, 2.05) is 38.3 Å². The molecule has 1 amide bonds. The van der Waals surface area contributed by atoms with Gasteiger partial charge in [0.05, 0.1) is 18.0 Å². The standard InChI is InChI=1S/C19H24N2O4S2/c1-14(2)25-17-9-6-8-16(12-17)21(27(4,23)24)13-19(22)20-15-7-5-10-18(11-15)26-3/h5-12,14H,13H2,1-4H3,(H,20,22). The molecule has 0 aliphatic heterocycles. The number of nitrogens with zero attached hydrogens (tertiary/aromatic N) is 1. The van der Waals surface area contributed by atoms with Crippen LogP contribution in [0, 0.1) is 0 Å². The summed E-state index contributed by atoms with van der Waals surface area (Å²) in [6.45, 7) is 3.45. The minimum absolute atomic E-state index is 0.0426. The van der Waals surface area contributed by atoms with E-state index < -0.39 is 15.9 Å². The third kappa shape index (κ3) is 6.48. The number of thioether (sulfide) groups is 1. The number of benzene rings is 2. The van der Waals surface area contributed by atoms with Crippen LogP contribution in [0.5, 0.6) is 5.75 Å². The molecule has 0 saturated carbocycles. The van der Waals surface area contributed by atoms with Gasteiger partial charge in [0, 0.05) is 16.6 Å². The molecule has 0 atom stereocenters. The van der Waals surface area contributed by atoms with Crippen LogP contribution in [-0.4, -0.2) is 39.5 Å². The van der Waals surface area contributed by atoms with Crippen LogP contribution in [0.25, 0.3) is 0 Å². The number of anilines is 2. The number of hydrogen-bond donors (Lipinski definition) is 1. The van der Waals surface area contributed by atoms with Gasteiger partial charge in [0.15, 0.2) is 0 Å². The molecule has 146 valence electrons. The molecule has 27 heavy (non-hydrogen) atoms. The molecule has 0 aliphatic rings. The van der Waals surface area contributed by atoms with Gasteiger partial charge >= 0.3 is 0 Å². The average Bonchev–Trinajstić information content (AvgIpc) is 2.58. The van der Waals surface area contributed by atoms with Crippen LogP contribution in [0.4, 0.5) is 11.4 Å². The van der Waals surface area contributed by atoms with Gasteiger partial charge < -0.3 is 10.1 Å². The van der Waals surface area contributed by atoms with Crippen LogP contribution < -0.4 is 14.4 Å². The van der Waals surface area contributed by atoms with Crippen LogP contribution in [0.2, 0.25) is 0 Å². The summed E-state index contributed by atoms with van der Waals surface area (Å²) in [6, 6.07) is 14.1. The largest absolute Gasteiger partial charge is 0.491 e. The first-order valence-electron chi connectivity index (χ1n) is 8.37. The maximum Gasteiger partial charge on any atom is 0.245 e. The molecule has 2 aromatic carbocycles. The first-order valence-corrected chi connectivity index (χ1v) is 11.4. The average molecular weight is 409 g/mol. The lowest BCUT2D eigenvalue weighted by molar-refractivity contribution is -0.114. The molecule has 6 nitrogen and oxygen atoms in total. The molecule has 0 fully saturated rings. The van der Waals surface area contributed by atoms with Gasteiger partial charge in [-0.1, -0.05) is 12.1 Å². The Morgan fingerprint density at radius 1 is 1.19 bits per heavy atom. The molecule has 2 rings (SSSR count). The summed E-state index contributed by atoms with van der Waals surface area (Å²) in [6.07, 6.45) is 2.97. The summed E-state index contributed by atoms with van der Waals surface area (Å²) >= 11 is 1.56. The third-order valence-corrected chi connectivity index (χ3v) is 5.38. The number of nitrogens with one attached hydrogen (secondary N) is 1. The van der Waals surface area contributed by atoms with Crippen molar-refractivity contribution >= 4 is 39.1 Å². The lowest BCUT2D eigenvalue weighted by atomic mass is 10.3. The highest BCUT2D eigenvalue weighted by Crippen LogP contribution is 2.24. The smallest absolute Gasteiger partial charge is 0.245 e. The van der Waals surface area contributed by atoms with Gasteiger partial charge in [-0.15, -0.1) is 11.8 Å². The highest BCUT2D eigenvalue weighted by Gasteiger charge is 2.21. The minimum Gasteiger partial charge on any atom is -0.491 e. The Hall–Kier alpha value is -2.19. The topological polar surface area (TPSA) is 75.7 Å². The predicted molar refractivity (Wildman–Crippen MR) is 111 cm³/mol. The van der Waals surface area contributed by atoms with Gasteiger partial charge in [-0.25, -0.2) is 8.42 Å². The minimum atomic E-state index is -3.65. The van der Waals surface area contributed by atoms with Crippen LogP contribution in [0.3, 0.4) is 0 Å². The van der Waals surface area contributed by atoms with E-state index in [1.54, 1.807) is 42.1 Å². The normalized spacial score (nSPS) is 11.3. The highest BCUT2D eigenvalue weighted by molar-refractivity contribution is 7.98. The van der Waals surface area contributed by atoms with Crippen LogP contribution >= 0.6 is 11.8 Å². The molecule has 0 spiro atoms. The molecule has 0 heterocycles. The Kier molecular flexibility index (Phi) is 7.15. The lowest BCUT2D eigenvalue weighted by Crippen LogP contribution is -2.37. The van der Waals surface area contributed by atoms with Crippen LogP contribution in [0.1, 0.15) is 13.8 Å². The molecule has 8 heteroatoms. The van der Waals surface area contributed by atoms with Gasteiger partial charge in [0.25, 0.3) is 0 Å². The number of sulfonamides is 1. The third-order valence-electron chi connectivity index (χ3n) is 3.52. The number of carbonyl (C=O) groups excluding carboxylic acids is 1. The summed E-state index contributed by atoms with van der Waals surface area (Å²) in [5, 5.41) is 2.75. The van der Waals surface area contributed by atoms with Crippen LogP contribution in [-0.2, 0) is 14.8 Å². The van der Waals surface area contributed by atoms with E-state index in [2.05, 4.69) is 5.32 Å². The molecular formula is C19H24N2O4S2. The molecule has 0 bridgehead atoms. The maximum absolute atomic E-state index is 12.4. The Morgan fingerprint density at radius 3 is 2.52 bits per heavy atom. The zero-order valence-corrected chi connectivity index (χ0v) is 17.4. The van der Waals surface area contributed by atoms with Crippen molar-refractivity contribution in [2.24, 2.45) is 0 Å². The number of ether oxygens (including phenoxy) is 1. The zero-order chi connectivity index (χ0) is 20.0. The fraction of sp³-hybridized carbons (Fsp3) is 0.316. The predicted octanol–water partition coefficient (Wildman–Crippen LogP) is 3.60. The monoisotopic (exact) mass is 408 g/mol. The van der Waals surface area contributed by atoms with Crippen molar-refractivity contribution in [3.63, 3.8) is 0 Å². The van der Waals surface area contributed by atoms with Crippen molar-refractivity contribution in [3.05, 3.63) is 48.5 Å². The number of amides is 1. The van der Waals surface area contributed by atoms with Crippen molar-refractivity contribution in [2.75, 3.05) is 28.7 Å². The molecule has 1 N–H and O–H groups in total. The second-order valence-electron chi connectivity index (χ2n) is 6.21. The summed E-state index contributed by atoms with van der Waals surface area (Å²) in [5.74, 6) is 0.123. The quantitative estimate of drug-likeness (QED) is 0.676. The van der Waals surface area contributed by atoms with Gasteiger partial charge in [-0.2, -0.15) is 0 Å². The molecule has 0 unspecified atom stereocenters. The number of hydrogen-bond acceptors (Lipinski definition) is 5. The van der Waals surface area contributed by atoms with Crippen molar-refractivity contribution in [1.29, 1.82) is 0 Å². The Labute approximate surface area is 165 Å². The van der Waals surface area contributed by atoms with E-state index in [0.717, 1.165) is 15.5 Å². The molecule has 0 aliphatic carbocycles. The fourth-order valence-electron chi connectivity index (χ4n) is 2.42. The van der Waals surface area contributed by atoms with E-state index in [9.17, 15) is 13.2 Å². The maximum atomic E-state index is 12.4. The summed E-state index contributed by atoms with van der Waals surface area (Å²) < 4.78 is 31.2. The van der Waals surface area contributed by atoms with Gasteiger partial charge in [0.1, 0.15) is 12.3 Å². The second-order valence-corrected chi connectivity index (χ2v) is 9.00. The van der Waals surface area contributed by atoms with Gasteiger partial charge in [-0.05, 0) is 50.4 Å². The fourth-order valence-corrected chi connectivity index (χ4v) is 3.72. The Bertz CT molecular complexity index is 898. The van der Waals surface area contributed by atoms with Gasteiger partial charge in [0.2, 0.25) is 15.9 Å². The van der Waals surface area contributed by atoms with Crippen LogP contribution in [0.15, 0.2) is 53.4 Å². The Balaban J connectivity index is 2.21.